The van der Waals surface area contributed by atoms with Crippen LogP contribution in [-0.2, 0) is 9.59 Å². The maximum absolute atomic E-state index is 12.3. The first-order valence-corrected chi connectivity index (χ1v) is 9.59. The van der Waals surface area contributed by atoms with Crippen molar-refractivity contribution in [1.29, 1.82) is 0 Å². The molecule has 2 aromatic rings. The predicted molar refractivity (Wildman–Crippen MR) is 110 cm³/mol. The highest BCUT2D eigenvalue weighted by Gasteiger charge is 2.23. The van der Waals surface area contributed by atoms with E-state index in [-0.39, 0.29) is 18.4 Å². The van der Waals surface area contributed by atoms with E-state index in [9.17, 15) is 9.59 Å². The molecule has 28 heavy (non-hydrogen) atoms. The summed E-state index contributed by atoms with van der Waals surface area (Å²) in [7, 11) is 1.55. The molecular formula is C20H20Cl2N2O4. The van der Waals surface area contributed by atoms with Crippen molar-refractivity contribution < 1.29 is 19.1 Å². The van der Waals surface area contributed by atoms with Gasteiger partial charge in [-0.3, -0.25) is 9.59 Å². The Morgan fingerprint density at radius 3 is 2.64 bits per heavy atom. The summed E-state index contributed by atoms with van der Waals surface area (Å²) in [6.07, 6.45) is 2.33. The van der Waals surface area contributed by atoms with E-state index < -0.39 is 0 Å². The van der Waals surface area contributed by atoms with Gasteiger partial charge < -0.3 is 19.7 Å². The lowest BCUT2D eigenvalue weighted by Crippen LogP contribution is -2.35. The van der Waals surface area contributed by atoms with Crippen molar-refractivity contribution >= 4 is 46.4 Å². The van der Waals surface area contributed by atoms with Crippen LogP contribution < -0.4 is 19.7 Å². The zero-order valence-corrected chi connectivity index (χ0v) is 16.8. The summed E-state index contributed by atoms with van der Waals surface area (Å²) in [5.41, 5.74) is 1.19. The molecular weight excluding hydrogens is 403 g/mol. The molecule has 6 nitrogen and oxygen atoms in total. The molecule has 1 N–H and O–H groups in total. The van der Waals surface area contributed by atoms with Crippen LogP contribution in [0.4, 0.5) is 11.4 Å². The highest BCUT2D eigenvalue weighted by Crippen LogP contribution is 2.33. The third-order valence-electron chi connectivity index (χ3n) is 4.33. The molecule has 0 aliphatic carbocycles. The first-order chi connectivity index (χ1) is 13.5. The number of methoxy groups -OCH3 is 1. The molecule has 1 saturated heterocycles. The number of nitrogens with zero attached hydrogens (tertiary/aromatic N) is 1. The Labute approximate surface area is 173 Å². The third kappa shape index (κ3) is 4.88. The minimum atomic E-state index is -0.355. The van der Waals surface area contributed by atoms with Crippen LogP contribution in [0.5, 0.6) is 11.5 Å². The molecule has 1 aliphatic heterocycles. The van der Waals surface area contributed by atoms with Crippen molar-refractivity contribution in [3.05, 3.63) is 46.4 Å². The van der Waals surface area contributed by atoms with Gasteiger partial charge in [-0.2, -0.15) is 0 Å². The minimum absolute atomic E-state index is 0.0498. The minimum Gasteiger partial charge on any atom is -0.495 e. The molecule has 0 saturated carbocycles. The van der Waals surface area contributed by atoms with Gasteiger partial charge in [0.05, 0.1) is 17.8 Å². The number of anilines is 2. The van der Waals surface area contributed by atoms with E-state index in [1.165, 1.54) is 0 Å². The molecule has 2 aromatic carbocycles. The van der Waals surface area contributed by atoms with Crippen LogP contribution in [0, 0.1) is 0 Å². The summed E-state index contributed by atoms with van der Waals surface area (Å²) in [5, 5.41) is 3.58. The van der Waals surface area contributed by atoms with Crippen molar-refractivity contribution in [1.82, 2.24) is 0 Å². The monoisotopic (exact) mass is 422 g/mol. The van der Waals surface area contributed by atoms with Crippen molar-refractivity contribution in [3.63, 3.8) is 0 Å². The number of amides is 2. The Kier molecular flexibility index (Phi) is 6.65. The molecule has 0 aromatic heterocycles. The Balaban J connectivity index is 1.68. The summed E-state index contributed by atoms with van der Waals surface area (Å²) in [5.74, 6) is 0.647. The topological polar surface area (TPSA) is 67.9 Å². The van der Waals surface area contributed by atoms with E-state index in [0.717, 1.165) is 12.8 Å². The lowest BCUT2D eigenvalue weighted by Gasteiger charge is -2.28. The molecule has 8 heteroatoms. The molecule has 3 rings (SSSR count). The van der Waals surface area contributed by atoms with E-state index >= 15 is 0 Å². The summed E-state index contributed by atoms with van der Waals surface area (Å²) in [6.45, 7) is 0.413. The van der Waals surface area contributed by atoms with E-state index in [1.54, 1.807) is 48.4 Å². The van der Waals surface area contributed by atoms with E-state index in [1.807, 2.05) is 0 Å². The molecule has 0 bridgehead atoms. The average Bonchev–Trinajstić information content (AvgIpc) is 2.67. The fourth-order valence-electron chi connectivity index (χ4n) is 2.97. The van der Waals surface area contributed by atoms with Crippen LogP contribution in [0.1, 0.15) is 19.3 Å². The highest BCUT2D eigenvalue weighted by atomic mass is 35.5. The van der Waals surface area contributed by atoms with Crippen molar-refractivity contribution in [2.45, 2.75) is 19.3 Å². The molecule has 0 radical (unpaired) electrons. The molecule has 0 spiro atoms. The number of hydrogen-bond donors (Lipinski definition) is 1. The van der Waals surface area contributed by atoms with Crippen LogP contribution in [0.3, 0.4) is 0 Å². The number of piperidine rings is 1. The summed E-state index contributed by atoms with van der Waals surface area (Å²) >= 11 is 11.9. The van der Waals surface area contributed by atoms with Gasteiger partial charge in [0.25, 0.3) is 5.91 Å². The van der Waals surface area contributed by atoms with Crippen molar-refractivity contribution in [2.24, 2.45) is 0 Å². The van der Waals surface area contributed by atoms with Gasteiger partial charge in [0.2, 0.25) is 5.91 Å². The molecule has 1 heterocycles. The summed E-state index contributed by atoms with van der Waals surface area (Å²) in [4.78, 5) is 26.2. The van der Waals surface area contributed by atoms with Gasteiger partial charge in [-0.1, -0.05) is 23.2 Å². The number of carbonyl (C=O) groups is 2. The SMILES string of the molecule is COc1ccc(NC(=O)COc2ccc(Cl)cc2Cl)cc1N1CCCCC1=O. The fraction of sp³-hybridized carbons (Fsp3) is 0.300. The maximum atomic E-state index is 12.3. The second kappa shape index (κ2) is 9.17. The molecule has 1 aliphatic rings. The third-order valence-corrected chi connectivity index (χ3v) is 4.86. The number of nitrogens with one attached hydrogen (secondary N) is 1. The van der Waals surface area contributed by atoms with Gasteiger partial charge in [-0.15, -0.1) is 0 Å². The second-order valence-corrected chi connectivity index (χ2v) is 7.14. The van der Waals surface area contributed by atoms with Gasteiger partial charge in [-0.25, -0.2) is 0 Å². The Hall–Kier alpha value is -2.44. The largest absolute Gasteiger partial charge is 0.495 e. The average molecular weight is 423 g/mol. The van der Waals surface area contributed by atoms with Crippen LogP contribution in [0.2, 0.25) is 10.0 Å². The van der Waals surface area contributed by atoms with Crippen molar-refractivity contribution in [3.8, 4) is 11.5 Å². The van der Waals surface area contributed by atoms with Crippen LogP contribution in [0.15, 0.2) is 36.4 Å². The molecule has 1 fully saturated rings. The first-order valence-electron chi connectivity index (χ1n) is 8.84. The number of halogens is 2. The molecule has 0 atom stereocenters. The standard InChI is InChI=1S/C20H20Cl2N2O4/c1-27-18-8-6-14(11-16(18)24-9-3-2-4-20(24)26)23-19(25)12-28-17-7-5-13(21)10-15(17)22/h5-8,10-11H,2-4,9,12H2,1H3,(H,23,25). The number of rotatable bonds is 6. The van der Waals surface area contributed by atoms with E-state index in [0.29, 0.717) is 45.9 Å². The van der Waals surface area contributed by atoms with Gasteiger partial charge in [0, 0.05) is 23.7 Å². The lowest BCUT2D eigenvalue weighted by atomic mass is 10.1. The zero-order chi connectivity index (χ0) is 20.1. The zero-order valence-electron chi connectivity index (χ0n) is 15.3. The number of hydrogen-bond acceptors (Lipinski definition) is 4. The van der Waals surface area contributed by atoms with Gasteiger partial charge in [0.1, 0.15) is 11.5 Å². The number of ether oxygens (including phenoxy) is 2. The molecule has 0 unspecified atom stereocenters. The van der Waals surface area contributed by atoms with E-state index in [4.69, 9.17) is 32.7 Å². The normalized spacial score (nSPS) is 14.0. The summed E-state index contributed by atoms with van der Waals surface area (Å²) in [6, 6.07) is 9.95. The van der Waals surface area contributed by atoms with Gasteiger partial charge in [-0.05, 0) is 49.2 Å². The fourth-order valence-corrected chi connectivity index (χ4v) is 3.43. The Bertz CT molecular complexity index is 889. The Morgan fingerprint density at radius 2 is 1.93 bits per heavy atom. The lowest BCUT2D eigenvalue weighted by molar-refractivity contribution is -0.119. The van der Waals surface area contributed by atoms with Gasteiger partial charge >= 0.3 is 0 Å². The smallest absolute Gasteiger partial charge is 0.262 e. The van der Waals surface area contributed by atoms with E-state index in [2.05, 4.69) is 5.32 Å². The molecule has 148 valence electrons. The number of carbonyl (C=O) groups excluding carboxylic acids is 2. The predicted octanol–water partition coefficient (Wildman–Crippen LogP) is 4.54. The first kappa shape index (κ1) is 20.3. The van der Waals surface area contributed by atoms with Crippen LogP contribution in [0.25, 0.3) is 0 Å². The summed E-state index contributed by atoms with van der Waals surface area (Å²) < 4.78 is 10.8. The highest BCUT2D eigenvalue weighted by molar-refractivity contribution is 6.35. The van der Waals surface area contributed by atoms with Crippen LogP contribution >= 0.6 is 23.2 Å². The molecule has 2 amide bonds. The maximum Gasteiger partial charge on any atom is 0.262 e. The Morgan fingerprint density at radius 1 is 1.14 bits per heavy atom. The van der Waals surface area contributed by atoms with Crippen molar-refractivity contribution in [2.75, 3.05) is 30.5 Å². The second-order valence-electron chi connectivity index (χ2n) is 6.30. The quantitative estimate of drug-likeness (QED) is 0.741. The van der Waals surface area contributed by atoms with Gasteiger partial charge in [0.15, 0.2) is 6.61 Å². The van der Waals surface area contributed by atoms with Crippen LogP contribution in [-0.4, -0.2) is 32.1 Å². The number of benzene rings is 2.